The van der Waals surface area contributed by atoms with Crippen LogP contribution in [0.2, 0.25) is 0 Å². The topological polar surface area (TPSA) is 59.6 Å². The molecule has 3 nitrogen and oxygen atoms in total. The fourth-order valence-electron chi connectivity index (χ4n) is 0.225. The Morgan fingerprint density at radius 2 is 2.25 bits per heavy atom. The standard InChI is InChI=1S/C5H5N3/c1-8-5(4-7)2-3-6/h2,8H,1H3/b5-2+. The van der Waals surface area contributed by atoms with E-state index >= 15 is 0 Å². The molecular formula is C5H5N3. The predicted molar refractivity (Wildman–Crippen MR) is 28.4 cm³/mol. The van der Waals surface area contributed by atoms with E-state index in [1.165, 1.54) is 0 Å². The molecule has 0 spiro atoms. The van der Waals surface area contributed by atoms with Gasteiger partial charge in [0.05, 0.1) is 6.07 Å². The van der Waals surface area contributed by atoms with Gasteiger partial charge in [0, 0.05) is 13.1 Å². The Labute approximate surface area is 47.8 Å². The van der Waals surface area contributed by atoms with E-state index in [4.69, 9.17) is 10.5 Å². The summed E-state index contributed by atoms with van der Waals surface area (Å²) in [5.41, 5.74) is 0.285. The first-order chi connectivity index (χ1) is 3.85. The fourth-order valence-corrected chi connectivity index (χ4v) is 0.225. The Balaban J connectivity index is 3.98. The lowest BCUT2D eigenvalue weighted by atomic mass is 10.4. The average molecular weight is 107 g/mol. The molecule has 3 heteroatoms. The smallest absolute Gasteiger partial charge is 0.123 e. The molecule has 0 radical (unpaired) electrons. The molecule has 0 atom stereocenters. The Kier molecular flexibility index (Phi) is 3.02. The van der Waals surface area contributed by atoms with Crippen LogP contribution in [0, 0.1) is 22.7 Å². The minimum Gasteiger partial charge on any atom is -0.379 e. The molecule has 0 aromatic carbocycles. The number of nitriles is 2. The first-order valence-electron chi connectivity index (χ1n) is 2.02. The zero-order valence-corrected chi connectivity index (χ0v) is 4.47. The van der Waals surface area contributed by atoms with Crippen molar-refractivity contribution in [2.45, 2.75) is 0 Å². The van der Waals surface area contributed by atoms with Gasteiger partial charge in [0.25, 0.3) is 0 Å². The maximum absolute atomic E-state index is 8.13. The number of nitrogens with one attached hydrogen (secondary N) is 1. The van der Waals surface area contributed by atoms with Gasteiger partial charge in [-0.15, -0.1) is 0 Å². The van der Waals surface area contributed by atoms with Crippen molar-refractivity contribution < 1.29 is 0 Å². The van der Waals surface area contributed by atoms with Crippen LogP contribution in [-0.2, 0) is 0 Å². The van der Waals surface area contributed by atoms with Crippen LogP contribution >= 0.6 is 0 Å². The zero-order valence-electron chi connectivity index (χ0n) is 4.47. The minimum absolute atomic E-state index is 0.285. The predicted octanol–water partition coefficient (Wildman–Crippen LogP) is 0.137. The SMILES string of the molecule is CN/C(C#N)=C/C#N. The molecule has 0 aliphatic carbocycles. The summed E-state index contributed by atoms with van der Waals surface area (Å²) in [4.78, 5) is 0. The molecule has 8 heavy (non-hydrogen) atoms. The van der Waals surface area contributed by atoms with Crippen molar-refractivity contribution in [3.05, 3.63) is 11.8 Å². The van der Waals surface area contributed by atoms with Crippen LogP contribution < -0.4 is 5.32 Å². The summed E-state index contributed by atoms with van der Waals surface area (Å²) < 4.78 is 0. The third-order valence-electron chi connectivity index (χ3n) is 0.599. The van der Waals surface area contributed by atoms with E-state index in [1.54, 1.807) is 19.2 Å². The van der Waals surface area contributed by atoms with Gasteiger partial charge in [-0.05, 0) is 0 Å². The molecule has 1 N–H and O–H groups in total. The Bertz CT molecular complexity index is 167. The summed E-state index contributed by atoms with van der Waals surface area (Å²) in [7, 11) is 1.59. The normalized spacial score (nSPS) is 9.12. The summed E-state index contributed by atoms with van der Waals surface area (Å²) in [6.45, 7) is 0. The molecule has 0 heterocycles. The summed E-state index contributed by atoms with van der Waals surface area (Å²) >= 11 is 0. The molecule has 0 unspecified atom stereocenters. The highest BCUT2D eigenvalue weighted by molar-refractivity contribution is 5.24. The fraction of sp³-hybridized carbons (Fsp3) is 0.200. The second kappa shape index (κ2) is 3.70. The number of hydrogen-bond acceptors (Lipinski definition) is 3. The number of rotatable bonds is 1. The van der Waals surface area contributed by atoms with Crippen molar-refractivity contribution in [1.82, 2.24) is 5.32 Å². The quantitative estimate of drug-likeness (QED) is 0.485. The van der Waals surface area contributed by atoms with Crippen LogP contribution in [0.15, 0.2) is 11.8 Å². The maximum atomic E-state index is 8.13. The van der Waals surface area contributed by atoms with E-state index in [9.17, 15) is 0 Å². The monoisotopic (exact) mass is 107 g/mol. The van der Waals surface area contributed by atoms with E-state index in [1.807, 2.05) is 0 Å². The van der Waals surface area contributed by atoms with Crippen molar-refractivity contribution in [2.24, 2.45) is 0 Å². The lowest BCUT2D eigenvalue weighted by Gasteiger charge is -1.86. The Morgan fingerprint density at radius 1 is 1.62 bits per heavy atom. The Hall–Kier alpha value is -1.48. The van der Waals surface area contributed by atoms with Crippen molar-refractivity contribution in [3.63, 3.8) is 0 Å². The van der Waals surface area contributed by atoms with Gasteiger partial charge in [-0.25, -0.2) is 0 Å². The van der Waals surface area contributed by atoms with Crippen molar-refractivity contribution in [1.29, 1.82) is 10.5 Å². The number of nitrogens with zero attached hydrogens (tertiary/aromatic N) is 2. The first kappa shape index (κ1) is 6.52. The van der Waals surface area contributed by atoms with Crippen LogP contribution in [0.25, 0.3) is 0 Å². The van der Waals surface area contributed by atoms with Gasteiger partial charge >= 0.3 is 0 Å². The van der Waals surface area contributed by atoms with Crippen LogP contribution in [0.3, 0.4) is 0 Å². The second-order valence-electron chi connectivity index (χ2n) is 1.05. The maximum Gasteiger partial charge on any atom is 0.123 e. The second-order valence-corrected chi connectivity index (χ2v) is 1.05. The van der Waals surface area contributed by atoms with E-state index in [2.05, 4.69) is 5.32 Å². The third-order valence-corrected chi connectivity index (χ3v) is 0.599. The summed E-state index contributed by atoms with van der Waals surface area (Å²) in [6, 6.07) is 3.50. The molecule has 0 saturated carbocycles. The van der Waals surface area contributed by atoms with Gasteiger partial charge in [0.2, 0.25) is 0 Å². The van der Waals surface area contributed by atoms with Gasteiger partial charge in [-0.2, -0.15) is 10.5 Å². The van der Waals surface area contributed by atoms with Crippen LogP contribution in [0.1, 0.15) is 0 Å². The van der Waals surface area contributed by atoms with Gasteiger partial charge < -0.3 is 5.32 Å². The first-order valence-corrected chi connectivity index (χ1v) is 2.02. The van der Waals surface area contributed by atoms with Gasteiger partial charge in [-0.3, -0.25) is 0 Å². The molecule has 40 valence electrons. The van der Waals surface area contributed by atoms with E-state index < -0.39 is 0 Å². The van der Waals surface area contributed by atoms with Crippen molar-refractivity contribution in [2.75, 3.05) is 7.05 Å². The zero-order chi connectivity index (χ0) is 6.41. The molecular weight excluding hydrogens is 102 g/mol. The highest BCUT2D eigenvalue weighted by Gasteiger charge is 1.82. The number of hydrogen-bond donors (Lipinski definition) is 1. The van der Waals surface area contributed by atoms with Crippen LogP contribution in [0.4, 0.5) is 0 Å². The van der Waals surface area contributed by atoms with E-state index in [0.717, 1.165) is 6.08 Å². The van der Waals surface area contributed by atoms with Crippen molar-refractivity contribution in [3.8, 4) is 12.1 Å². The minimum atomic E-state index is 0.285. The molecule has 0 rings (SSSR count). The average Bonchev–Trinajstić information content (AvgIpc) is 1.83. The lowest BCUT2D eigenvalue weighted by molar-refractivity contribution is 1.04. The molecule has 0 fully saturated rings. The third kappa shape index (κ3) is 1.84. The van der Waals surface area contributed by atoms with Gasteiger partial charge in [-0.1, -0.05) is 0 Å². The lowest BCUT2D eigenvalue weighted by Crippen LogP contribution is -2.02. The summed E-state index contributed by atoms with van der Waals surface area (Å²) in [5, 5.41) is 18.6. The molecule has 0 amide bonds. The van der Waals surface area contributed by atoms with Crippen LogP contribution in [-0.4, -0.2) is 7.05 Å². The number of allylic oxidation sites excluding steroid dienone is 2. The molecule has 0 aromatic heterocycles. The van der Waals surface area contributed by atoms with Gasteiger partial charge in [0.1, 0.15) is 11.8 Å². The highest BCUT2D eigenvalue weighted by atomic mass is 14.8. The largest absolute Gasteiger partial charge is 0.379 e. The van der Waals surface area contributed by atoms with Gasteiger partial charge in [0.15, 0.2) is 0 Å². The summed E-state index contributed by atoms with van der Waals surface area (Å²) in [6.07, 6.45) is 1.15. The molecule has 0 bridgehead atoms. The molecule has 0 aliphatic rings. The van der Waals surface area contributed by atoms with E-state index in [0.29, 0.717) is 0 Å². The molecule has 0 saturated heterocycles. The van der Waals surface area contributed by atoms with E-state index in [-0.39, 0.29) is 5.70 Å². The van der Waals surface area contributed by atoms with Crippen LogP contribution in [0.5, 0.6) is 0 Å². The Morgan fingerprint density at radius 3 is 2.38 bits per heavy atom. The highest BCUT2D eigenvalue weighted by Crippen LogP contribution is 1.79. The molecule has 0 aromatic rings. The summed E-state index contributed by atoms with van der Waals surface area (Å²) in [5.74, 6) is 0. The molecule has 0 aliphatic heterocycles. The van der Waals surface area contributed by atoms with Crippen molar-refractivity contribution >= 4 is 0 Å².